The second-order valence-electron chi connectivity index (χ2n) is 38.9. The van der Waals surface area contributed by atoms with Gasteiger partial charge in [-0.05, 0) is 354 Å². The summed E-state index contributed by atoms with van der Waals surface area (Å²) in [5.74, 6) is 0. The van der Waals surface area contributed by atoms with Crippen molar-refractivity contribution in [3.05, 3.63) is 431 Å². The largest absolute Gasteiger partial charge is 0.289 e. The van der Waals surface area contributed by atoms with E-state index < -0.39 is 0 Å². The molecule has 0 fully saturated rings. The number of nitrogens with zero attached hydrogens (tertiary/aromatic N) is 16. The summed E-state index contributed by atoms with van der Waals surface area (Å²) in [5.41, 5.74) is 61.1. The highest BCUT2D eigenvalue weighted by Crippen LogP contribution is 2.56. The fourth-order valence-electron chi connectivity index (χ4n) is 26.0. The number of benzene rings is 12. The molecule has 0 spiro atoms. The predicted molar refractivity (Wildman–Crippen MR) is 559 cm³/mol. The Hall–Kier alpha value is -18.3. The van der Waals surface area contributed by atoms with Gasteiger partial charge in [0.2, 0.25) is 0 Å². The maximum absolute atomic E-state index is 5.08. The number of aromatic nitrogens is 16. The van der Waals surface area contributed by atoms with Gasteiger partial charge in [0.05, 0.1) is 116 Å². The third-order valence-corrected chi connectivity index (χ3v) is 32.0. The zero-order chi connectivity index (χ0) is 90.7. The topological polar surface area (TPSA) is 172 Å². The maximum atomic E-state index is 5.08. The smallest absolute Gasteiger partial charge is 0.146 e. The Kier molecular flexibility index (Phi) is 14.9. The highest BCUT2D eigenvalue weighted by molar-refractivity contribution is 6.21. The van der Waals surface area contributed by atoms with Crippen molar-refractivity contribution in [3.8, 4) is 89.0 Å². The summed E-state index contributed by atoms with van der Waals surface area (Å²) in [5, 5.41) is 14.4. The molecule has 16 heterocycles. The third kappa shape index (κ3) is 10.3. The van der Waals surface area contributed by atoms with E-state index in [0.717, 1.165) is 140 Å². The van der Waals surface area contributed by atoms with Gasteiger partial charge in [-0.3, -0.25) is 57.5 Å². The number of hydrogen-bond donors (Lipinski definition) is 0. The first-order valence-corrected chi connectivity index (χ1v) is 48.1. The lowest BCUT2D eigenvalue weighted by atomic mass is 9.92. The standard InChI is InChI=1S/4C31H18N4/c1-2-4-21-17(3-1)9-18-10-19-11-20-12-26-22-5-7-32-15-29(22)35-30-16-33-8-6-28(30)34-31(35)27(26)14-25(20)24(19)13-23(18)21;1-2-4-20-17(3-1)12-25-21(20)6-5-18-11-19-13-24-22-7-9-32-15-28(22)35-29-16-33-10-8-27(29)34-31(35)26(24)14-23(19)30(18)25;1-2-4-19-17(3-1)11-24-20(19)5-6-21-23-14-27-26(13-18(23)12-25(21)24)22-7-9-32-15-29(22)35-30-16-33-10-8-28(30)34-31(27)35;1-2-4-21-17(3-1)11-18-5-6-19-12-20-13-24-22-7-9-32-15-27(22)35-28-16-33-10-8-26(28)34-31(35)25(24)14-23(20)30(19)29(18)21/h1-8,10,12-16H,9,11H2;3*1-10,13-16H,11-12H2. The van der Waals surface area contributed by atoms with Crippen LogP contribution in [0.3, 0.4) is 0 Å². The second-order valence-corrected chi connectivity index (χ2v) is 38.9. The van der Waals surface area contributed by atoms with E-state index in [-0.39, 0.29) is 0 Å². The molecule has 16 heteroatoms. The van der Waals surface area contributed by atoms with Gasteiger partial charge >= 0.3 is 0 Å². The van der Waals surface area contributed by atoms with Crippen LogP contribution in [0.5, 0.6) is 0 Å². The molecule has 36 rings (SSSR count). The van der Waals surface area contributed by atoms with E-state index in [1.165, 1.54) is 243 Å². The molecule has 28 aromatic rings. The van der Waals surface area contributed by atoms with Crippen LogP contribution in [0.4, 0.5) is 0 Å². The van der Waals surface area contributed by atoms with Gasteiger partial charge in [0.25, 0.3) is 0 Å². The van der Waals surface area contributed by atoms with Crippen molar-refractivity contribution < 1.29 is 0 Å². The van der Waals surface area contributed by atoms with Crippen molar-refractivity contribution in [2.75, 3.05) is 0 Å². The lowest BCUT2D eigenvalue weighted by molar-refractivity contribution is 1.16. The highest BCUT2D eigenvalue weighted by Gasteiger charge is 2.36. The van der Waals surface area contributed by atoms with E-state index in [9.17, 15) is 0 Å². The fraction of sp³-hybridized carbons (Fsp3) is 0.0645. The molecule has 0 amide bonds. The van der Waals surface area contributed by atoms with Gasteiger partial charge in [-0.1, -0.05) is 140 Å². The Labute approximate surface area is 796 Å². The Balaban J connectivity index is 0.0000000829. The van der Waals surface area contributed by atoms with Crippen LogP contribution in [0.1, 0.15) is 89.0 Å². The van der Waals surface area contributed by atoms with Gasteiger partial charge in [-0.25, -0.2) is 19.9 Å². The Bertz CT molecular complexity index is 10700. The maximum Gasteiger partial charge on any atom is 0.146 e. The van der Waals surface area contributed by atoms with Crippen LogP contribution in [-0.4, -0.2) is 77.4 Å². The Morgan fingerprint density at radius 1 is 0.157 bits per heavy atom. The molecule has 0 radical (unpaired) electrons. The normalized spacial score (nSPS) is 13.5. The van der Waals surface area contributed by atoms with Crippen LogP contribution in [0, 0.1) is 0 Å². The van der Waals surface area contributed by atoms with Crippen molar-refractivity contribution in [1.29, 1.82) is 0 Å². The van der Waals surface area contributed by atoms with E-state index >= 15 is 0 Å². The van der Waals surface area contributed by atoms with Crippen LogP contribution in [0.15, 0.2) is 342 Å². The van der Waals surface area contributed by atoms with E-state index in [4.69, 9.17) is 19.9 Å². The van der Waals surface area contributed by atoms with Gasteiger partial charge in [-0.15, -0.1) is 0 Å². The molecule has 0 atom stereocenters. The van der Waals surface area contributed by atoms with Crippen LogP contribution in [-0.2, 0) is 51.4 Å². The second kappa shape index (κ2) is 27.7. The summed E-state index contributed by atoms with van der Waals surface area (Å²) < 4.78 is 8.88. The molecule has 0 bridgehead atoms. The molecule has 0 unspecified atom stereocenters. The first-order valence-electron chi connectivity index (χ1n) is 48.1. The molecule has 12 aromatic carbocycles. The Morgan fingerprint density at radius 3 is 0.871 bits per heavy atom. The van der Waals surface area contributed by atoms with Crippen LogP contribution >= 0.6 is 0 Å². The zero-order valence-electron chi connectivity index (χ0n) is 75.1. The fourth-order valence-corrected chi connectivity index (χ4v) is 26.0. The van der Waals surface area contributed by atoms with Crippen molar-refractivity contribution in [1.82, 2.24) is 77.4 Å². The number of fused-ring (bicyclic) bond motifs is 59. The summed E-state index contributed by atoms with van der Waals surface area (Å²) in [6.07, 6.45) is 38.1. The third-order valence-electron chi connectivity index (χ3n) is 32.0. The minimum Gasteiger partial charge on any atom is -0.289 e. The molecule has 140 heavy (non-hydrogen) atoms. The van der Waals surface area contributed by atoms with Crippen molar-refractivity contribution >= 4 is 153 Å². The molecule has 16 nitrogen and oxygen atoms in total. The summed E-state index contributed by atoms with van der Waals surface area (Å²) in [7, 11) is 0. The first kappa shape index (κ1) is 75.1. The summed E-state index contributed by atoms with van der Waals surface area (Å²) in [6, 6.07) is 89.9. The lowest BCUT2D eigenvalue weighted by Gasteiger charge is -2.13. The first-order chi connectivity index (χ1) is 69.4. The van der Waals surface area contributed by atoms with Crippen LogP contribution < -0.4 is 0 Å². The van der Waals surface area contributed by atoms with Gasteiger partial charge in [0, 0.05) is 92.7 Å². The van der Waals surface area contributed by atoms with Crippen LogP contribution in [0.2, 0.25) is 0 Å². The average Bonchev–Trinajstić information content (AvgIpc) is 1.55. The molecular weight excluding hydrogens is 1710 g/mol. The molecule has 8 aliphatic rings. The van der Waals surface area contributed by atoms with Gasteiger partial charge in [0.15, 0.2) is 0 Å². The molecule has 648 valence electrons. The van der Waals surface area contributed by atoms with Crippen LogP contribution in [0.25, 0.3) is 242 Å². The summed E-state index contributed by atoms with van der Waals surface area (Å²) in [4.78, 5) is 55.6. The SMILES string of the molecule is c1ccc2c(c1)Cc1c-2ccc2c1-c1cc3c(cc1C2)c1ccncc1n1c2cnccc2nc31.c1ccc2c(c1)Cc1c-2ccc2c1Cc1cc3c4ccncc4n4c5cnccc5nc4c3cc1-2.c1ccc2c(c1)Cc1cc3c(cc1-2)-c1cc2c(cc1C3)c1ccncc1n1c3cnccc3nc21.c1ccc2c(c1)Cc1ccc3c(c1-2)-c1cc2c(cc1C3)c1ccncc1n1c3cnccc3nc21. The quantitative estimate of drug-likeness (QED) is 0.132. The highest BCUT2D eigenvalue weighted by atomic mass is 15.1. The minimum atomic E-state index is 0.952. The van der Waals surface area contributed by atoms with Crippen molar-refractivity contribution in [3.63, 3.8) is 0 Å². The van der Waals surface area contributed by atoms with E-state index in [0.29, 0.717) is 0 Å². The Morgan fingerprint density at radius 2 is 0.421 bits per heavy atom. The molecule has 0 N–H and O–H groups in total. The molecular formula is C124H72N16. The molecule has 16 aromatic heterocycles. The lowest BCUT2D eigenvalue weighted by Crippen LogP contribution is -1.94. The van der Waals surface area contributed by atoms with Crippen molar-refractivity contribution in [2.24, 2.45) is 0 Å². The number of rotatable bonds is 0. The minimum absolute atomic E-state index is 0.952. The van der Waals surface area contributed by atoms with Gasteiger partial charge in [-0.2, -0.15) is 0 Å². The number of pyridine rings is 12. The molecule has 0 saturated carbocycles. The van der Waals surface area contributed by atoms with Gasteiger partial charge < -0.3 is 0 Å². The number of imidazole rings is 4. The van der Waals surface area contributed by atoms with Crippen molar-refractivity contribution in [2.45, 2.75) is 51.4 Å². The average molecular weight is 1790 g/mol. The van der Waals surface area contributed by atoms with E-state index in [2.05, 4.69) is 276 Å². The summed E-state index contributed by atoms with van der Waals surface area (Å²) >= 11 is 0. The van der Waals surface area contributed by atoms with E-state index in [1.54, 1.807) is 0 Å². The summed E-state index contributed by atoms with van der Waals surface area (Å²) in [6.45, 7) is 0. The molecule has 8 aliphatic carbocycles. The van der Waals surface area contributed by atoms with E-state index in [1.807, 2.05) is 123 Å². The molecule has 0 aliphatic heterocycles. The monoisotopic (exact) mass is 1780 g/mol. The molecule has 0 saturated heterocycles. The predicted octanol–water partition coefficient (Wildman–Crippen LogP) is 26.9. The van der Waals surface area contributed by atoms with Gasteiger partial charge in [0.1, 0.15) is 22.6 Å². The number of hydrogen-bond acceptors (Lipinski definition) is 12. The zero-order valence-corrected chi connectivity index (χ0v) is 75.1.